The second-order valence-corrected chi connectivity index (χ2v) is 7.07. The molecule has 1 aromatic heterocycles. The van der Waals surface area contributed by atoms with Gasteiger partial charge >= 0.3 is 0 Å². The number of nitrogens with one attached hydrogen (secondary N) is 2. The van der Waals surface area contributed by atoms with Gasteiger partial charge in [-0.05, 0) is 55.7 Å². The molecule has 0 fully saturated rings. The molecule has 2 aromatic carbocycles. The molecule has 26 heavy (non-hydrogen) atoms. The number of nitro groups is 1. The van der Waals surface area contributed by atoms with Gasteiger partial charge in [-0.2, -0.15) is 0 Å². The number of amides is 1. The summed E-state index contributed by atoms with van der Waals surface area (Å²) in [6, 6.07) is 8.98. The minimum atomic E-state index is -0.489. The molecule has 134 valence electrons. The first kappa shape index (κ1) is 17.9. The second kappa shape index (κ2) is 7.17. The number of thioether (sulfide) groups is 1. The van der Waals surface area contributed by atoms with E-state index < -0.39 is 4.92 Å². The van der Waals surface area contributed by atoms with Crippen LogP contribution in [0.1, 0.15) is 16.7 Å². The Labute approximate surface area is 154 Å². The van der Waals surface area contributed by atoms with E-state index in [1.54, 1.807) is 13.0 Å². The lowest BCUT2D eigenvalue weighted by molar-refractivity contribution is -0.384. The van der Waals surface area contributed by atoms with Crippen LogP contribution in [0.25, 0.3) is 11.0 Å². The average Bonchev–Trinajstić information content (AvgIpc) is 2.97. The Hall–Kier alpha value is -2.87. The smallest absolute Gasteiger partial charge is 0.293 e. The minimum Gasteiger partial charge on any atom is -0.333 e. The molecular formula is C18H18N4O3S. The van der Waals surface area contributed by atoms with Gasteiger partial charge in [0.25, 0.3) is 5.69 Å². The molecule has 0 bridgehead atoms. The van der Waals surface area contributed by atoms with Crippen LogP contribution in [0, 0.1) is 30.9 Å². The number of hydrogen-bond donors (Lipinski definition) is 2. The van der Waals surface area contributed by atoms with E-state index in [1.165, 1.54) is 17.8 Å². The standard InChI is InChI=1S/C18H18N4O3S/c1-10-4-5-13-14(6-10)21-18(20-13)26-9-17(23)19-15-7-11(2)12(3)8-16(15)22(24)25/h4-8H,9H2,1-3H3,(H,19,23)(H,20,21). The molecule has 0 aliphatic rings. The fraction of sp³-hybridized carbons (Fsp3) is 0.222. The molecule has 1 heterocycles. The Kier molecular flexibility index (Phi) is 4.94. The molecule has 1 amide bonds. The number of nitrogens with zero attached hydrogens (tertiary/aromatic N) is 2. The highest BCUT2D eigenvalue weighted by atomic mass is 32.2. The Morgan fingerprint density at radius 1 is 1.23 bits per heavy atom. The molecule has 0 unspecified atom stereocenters. The topological polar surface area (TPSA) is 101 Å². The molecule has 0 atom stereocenters. The first-order valence-corrected chi connectivity index (χ1v) is 8.96. The summed E-state index contributed by atoms with van der Waals surface area (Å²) >= 11 is 1.25. The summed E-state index contributed by atoms with van der Waals surface area (Å²) in [5, 5.41) is 14.5. The number of hydrogen-bond acceptors (Lipinski definition) is 5. The van der Waals surface area contributed by atoms with Crippen LogP contribution in [0.15, 0.2) is 35.5 Å². The third kappa shape index (κ3) is 3.85. The van der Waals surface area contributed by atoms with Crippen LogP contribution in [-0.4, -0.2) is 26.6 Å². The van der Waals surface area contributed by atoms with Gasteiger partial charge in [0.05, 0.1) is 21.7 Å². The van der Waals surface area contributed by atoms with Crippen molar-refractivity contribution in [3.8, 4) is 0 Å². The molecule has 3 aromatic rings. The Balaban J connectivity index is 1.70. The van der Waals surface area contributed by atoms with Gasteiger partial charge in [0.15, 0.2) is 5.16 Å². The molecule has 2 N–H and O–H groups in total. The molecule has 3 rings (SSSR count). The van der Waals surface area contributed by atoms with Crippen molar-refractivity contribution >= 4 is 40.1 Å². The lowest BCUT2D eigenvalue weighted by atomic mass is 10.1. The van der Waals surface area contributed by atoms with E-state index in [-0.39, 0.29) is 23.0 Å². The number of carbonyl (C=O) groups is 1. The predicted octanol–water partition coefficient (Wildman–Crippen LogP) is 4.13. The van der Waals surface area contributed by atoms with Crippen molar-refractivity contribution in [1.82, 2.24) is 9.97 Å². The van der Waals surface area contributed by atoms with Crippen molar-refractivity contribution in [3.63, 3.8) is 0 Å². The van der Waals surface area contributed by atoms with Gasteiger partial charge in [0, 0.05) is 6.07 Å². The Bertz CT molecular complexity index is 1010. The summed E-state index contributed by atoms with van der Waals surface area (Å²) in [6.45, 7) is 5.64. The van der Waals surface area contributed by atoms with Crippen molar-refractivity contribution < 1.29 is 9.72 Å². The van der Waals surface area contributed by atoms with E-state index in [0.29, 0.717) is 5.16 Å². The van der Waals surface area contributed by atoms with Gasteiger partial charge in [-0.25, -0.2) is 4.98 Å². The van der Waals surface area contributed by atoms with Gasteiger partial charge < -0.3 is 10.3 Å². The molecule has 0 saturated heterocycles. The lowest BCUT2D eigenvalue weighted by Crippen LogP contribution is -2.15. The molecule has 8 heteroatoms. The fourth-order valence-electron chi connectivity index (χ4n) is 2.54. The van der Waals surface area contributed by atoms with Crippen molar-refractivity contribution in [2.24, 2.45) is 0 Å². The van der Waals surface area contributed by atoms with Crippen LogP contribution in [0.4, 0.5) is 11.4 Å². The molecule has 7 nitrogen and oxygen atoms in total. The molecule has 0 aliphatic carbocycles. The van der Waals surface area contributed by atoms with Crippen LogP contribution in [-0.2, 0) is 4.79 Å². The maximum Gasteiger partial charge on any atom is 0.293 e. The monoisotopic (exact) mass is 370 g/mol. The number of fused-ring (bicyclic) bond motifs is 1. The van der Waals surface area contributed by atoms with E-state index in [9.17, 15) is 14.9 Å². The normalized spacial score (nSPS) is 10.9. The summed E-state index contributed by atoms with van der Waals surface area (Å²) in [7, 11) is 0. The number of carbonyl (C=O) groups excluding carboxylic acids is 1. The number of aromatic nitrogens is 2. The number of aryl methyl sites for hydroxylation is 3. The van der Waals surface area contributed by atoms with Gasteiger partial charge in [-0.3, -0.25) is 14.9 Å². The number of anilines is 1. The number of benzene rings is 2. The molecule has 0 spiro atoms. The zero-order valence-electron chi connectivity index (χ0n) is 14.6. The highest BCUT2D eigenvalue weighted by Gasteiger charge is 2.18. The maximum absolute atomic E-state index is 12.2. The summed E-state index contributed by atoms with van der Waals surface area (Å²) < 4.78 is 0. The highest BCUT2D eigenvalue weighted by molar-refractivity contribution is 7.99. The molecule has 0 radical (unpaired) electrons. The largest absolute Gasteiger partial charge is 0.333 e. The number of aromatic amines is 1. The summed E-state index contributed by atoms with van der Waals surface area (Å²) in [4.78, 5) is 30.5. The zero-order valence-corrected chi connectivity index (χ0v) is 15.4. The SMILES string of the molecule is Cc1ccc2nc(SCC(=O)Nc3cc(C)c(C)cc3[N+](=O)[O-])[nH]c2c1. The molecule has 0 saturated carbocycles. The van der Waals surface area contributed by atoms with Gasteiger partial charge in [-0.15, -0.1) is 0 Å². The molecular weight excluding hydrogens is 352 g/mol. The van der Waals surface area contributed by atoms with Crippen molar-refractivity contribution in [2.45, 2.75) is 25.9 Å². The number of H-pyrrole nitrogens is 1. The first-order chi connectivity index (χ1) is 12.3. The van der Waals surface area contributed by atoms with Crippen LogP contribution in [0.3, 0.4) is 0 Å². The third-order valence-corrected chi connectivity index (χ3v) is 4.91. The maximum atomic E-state index is 12.2. The average molecular weight is 370 g/mol. The first-order valence-electron chi connectivity index (χ1n) is 7.98. The van der Waals surface area contributed by atoms with Gasteiger partial charge in [-0.1, -0.05) is 17.8 Å². The summed E-state index contributed by atoms with van der Waals surface area (Å²) in [5.74, 6) is -0.221. The number of nitro benzene ring substituents is 1. The van der Waals surface area contributed by atoms with Crippen LogP contribution in [0.5, 0.6) is 0 Å². The Morgan fingerprint density at radius 2 is 1.96 bits per heavy atom. The van der Waals surface area contributed by atoms with E-state index >= 15 is 0 Å². The van der Waals surface area contributed by atoms with Crippen molar-refractivity contribution in [3.05, 3.63) is 57.1 Å². The predicted molar refractivity (Wildman–Crippen MR) is 103 cm³/mol. The number of rotatable bonds is 5. The Morgan fingerprint density at radius 3 is 2.69 bits per heavy atom. The second-order valence-electron chi connectivity index (χ2n) is 6.11. The fourth-order valence-corrected chi connectivity index (χ4v) is 3.23. The minimum absolute atomic E-state index is 0.100. The van der Waals surface area contributed by atoms with E-state index in [0.717, 1.165) is 27.7 Å². The summed E-state index contributed by atoms with van der Waals surface area (Å²) in [5.41, 5.74) is 4.67. The molecule has 0 aliphatic heterocycles. The lowest BCUT2D eigenvalue weighted by Gasteiger charge is -2.08. The van der Waals surface area contributed by atoms with E-state index in [4.69, 9.17) is 0 Å². The van der Waals surface area contributed by atoms with Gasteiger partial charge in [0.1, 0.15) is 5.69 Å². The van der Waals surface area contributed by atoms with Crippen LogP contribution in [0.2, 0.25) is 0 Å². The van der Waals surface area contributed by atoms with E-state index in [2.05, 4.69) is 15.3 Å². The van der Waals surface area contributed by atoms with E-state index in [1.807, 2.05) is 32.0 Å². The summed E-state index contributed by atoms with van der Waals surface area (Å²) in [6.07, 6.45) is 0. The number of imidazole rings is 1. The highest BCUT2D eigenvalue weighted by Crippen LogP contribution is 2.28. The van der Waals surface area contributed by atoms with Crippen molar-refractivity contribution in [1.29, 1.82) is 0 Å². The van der Waals surface area contributed by atoms with Crippen LogP contribution < -0.4 is 5.32 Å². The van der Waals surface area contributed by atoms with Crippen molar-refractivity contribution in [2.75, 3.05) is 11.1 Å². The van der Waals surface area contributed by atoms with Crippen LogP contribution >= 0.6 is 11.8 Å². The third-order valence-electron chi connectivity index (χ3n) is 4.04. The van der Waals surface area contributed by atoms with Gasteiger partial charge in [0.2, 0.25) is 5.91 Å². The quantitative estimate of drug-likeness (QED) is 0.399. The zero-order chi connectivity index (χ0) is 18.8.